The van der Waals surface area contributed by atoms with E-state index in [1.54, 1.807) is 4.90 Å². The molecule has 1 saturated heterocycles. The smallest absolute Gasteiger partial charge is 0.306 e. The lowest BCUT2D eigenvalue weighted by molar-refractivity contribution is -0.149. The van der Waals surface area contributed by atoms with E-state index in [-0.39, 0.29) is 11.5 Å². The monoisotopic (exact) mass is 323 g/mol. The normalized spacial score (nSPS) is 20.9. The van der Waals surface area contributed by atoms with Crippen LogP contribution < -0.4 is 0 Å². The number of likely N-dealkylation sites (tertiary alicyclic amines) is 1. The van der Waals surface area contributed by atoms with Gasteiger partial charge >= 0.3 is 5.97 Å². The molecular formula is C17H19F2NO3. The standard InChI is InChI=1S/C17H19F2NO3/c18-12-3-1-4-13(19)14(12)17(7-2-8-17)16(23)20-9-5-11(6-10-20)15(21)22/h1,3-4,11H,2,5-10H2,(H,21,22). The Kier molecular flexibility index (Phi) is 4.08. The minimum atomic E-state index is -1.12. The fourth-order valence-corrected chi connectivity index (χ4v) is 3.69. The average Bonchev–Trinajstić information content (AvgIpc) is 2.49. The number of carboxylic acids is 1. The summed E-state index contributed by atoms with van der Waals surface area (Å²) < 4.78 is 28.3. The summed E-state index contributed by atoms with van der Waals surface area (Å²) in [6.45, 7) is 0.654. The van der Waals surface area contributed by atoms with Gasteiger partial charge in [-0.15, -0.1) is 0 Å². The molecule has 0 aromatic heterocycles. The van der Waals surface area contributed by atoms with Gasteiger partial charge in [-0.3, -0.25) is 9.59 Å². The molecule has 23 heavy (non-hydrogen) atoms. The summed E-state index contributed by atoms with van der Waals surface area (Å²) in [7, 11) is 0. The number of nitrogens with zero attached hydrogens (tertiary/aromatic N) is 1. The van der Waals surface area contributed by atoms with Crippen LogP contribution in [0.4, 0.5) is 8.78 Å². The number of carbonyl (C=O) groups excluding carboxylic acids is 1. The highest BCUT2D eigenvalue weighted by Gasteiger charge is 2.51. The Hall–Kier alpha value is -1.98. The number of benzene rings is 1. The van der Waals surface area contributed by atoms with Crippen molar-refractivity contribution in [3.05, 3.63) is 35.4 Å². The molecule has 1 aliphatic carbocycles. The Morgan fingerprint density at radius 2 is 1.70 bits per heavy atom. The highest BCUT2D eigenvalue weighted by molar-refractivity contribution is 5.89. The lowest BCUT2D eigenvalue weighted by Crippen LogP contribution is -2.54. The molecule has 1 aromatic rings. The number of hydrogen-bond acceptors (Lipinski definition) is 2. The molecule has 4 nitrogen and oxygen atoms in total. The van der Waals surface area contributed by atoms with Crippen LogP contribution in [0.25, 0.3) is 0 Å². The van der Waals surface area contributed by atoms with Gasteiger partial charge in [0.25, 0.3) is 0 Å². The molecule has 2 fully saturated rings. The maximum absolute atomic E-state index is 14.2. The second kappa shape index (κ2) is 5.91. The predicted octanol–water partition coefficient (Wildman–Crippen LogP) is 2.71. The molecule has 1 heterocycles. The quantitative estimate of drug-likeness (QED) is 0.930. The molecule has 1 amide bonds. The lowest BCUT2D eigenvalue weighted by atomic mass is 9.63. The van der Waals surface area contributed by atoms with Gasteiger partial charge in [-0.1, -0.05) is 12.5 Å². The number of hydrogen-bond donors (Lipinski definition) is 1. The van der Waals surface area contributed by atoms with Crippen molar-refractivity contribution in [1.82, 2.24) is 4.90 Å². The van der Waals surface area contributed by atoms with Gasteiger partial charge in [-0.05, 0) is 37.8 Å². The zero-order valence-corrected chi connectivity index (χ0v) is 12.7. The zero-order valence-electron chi connectivity index (χ0n) is 12.7. The first-order valence-corrected chi connectivity index (χ1v) is 7.92. The van der Waals surface area contributed by atoms with E-state index in [4.69, 9.17) is 5.11 Å². The van der Waals surface area contributed by atoms with Crippen molar-refractivity contribution in [2.24, 2.45) is 5.92 Å². The van der Waals surface area contributed by atoms with Crippen LogP contribution in [0, 0.1) is 17.6 Å². The van der Waals surface area contributed by atoms with Gasteiger partial charge in [0.15, 0.2) is 0 Å². The third kappa shape index (κ3) is 2.60. The third-order valence-corrected chi connectivity index (χ3v) is 5.19. The van der Waals surface area contributed by atoms with E-state index in [1.165, 1.54) is 18.2 Å². The van der Waals surface area contributed by atoms with Crippen molar-refractivity contribution in [2.45, 2.75) is 37.5 Å². The fourth-order valence-electron chi connectivity index (χ4n) is 3.69. The van der Waals surface area contributed by atoms with E-state index in [2.05, 4.69) is 0 Å². The molecule has 0 atom stereocenters. The van der Waals surface area contributed by atoms with Gasteiger partial charge in [0.2, 0.25) is 5.91 Å². The van der Waals surface area contributed by atoms with E-state index < -0.39 is 28.9 Å². The Morgan fingerprint density at radius 1 is 1.13 bits per heavy atom. The third-order valence-electron chi connectivity index (χ3n) is 5.19. The summed E-state index contributed by atoms with van der Waals surface area (Å²) in [5.74, 6) is -2.93. The average molecular weight is 323 g/mol. The summed E-state index contributed by atoms with van der Waals surface area (Å²) >= 11 is 0. The molecule has 1 N–H and O–H groups in total. The van der Waals surface area contributed by atoms with Crippen molar-refractivity contribution in [3.8, 4) is 0 Å². The molecule has 6 heteroatoms. The summed E-state index contributed by atoms with van der Waals surface area (Å²) in [6.07, 6.45) is 2.39. The second-order valence-electron chi connectivity index (χ2n) is 6.44. The number of rotatable bonds is 3. The Balaban J connectivity index is 1.84. The SMILES string of the molecule is O=C(O)C1CCN(C(=O)C2(c3c(F)cccc3F)CCC2)CC1. The number of amides is 1. The van der Waals surface area contributed by atoms with E-state index >= 15 is 0 Å². The van der Waals surface area contributed by atoms with Crippen molar-refractivity contribution < 1.29 is 23.5 Å². The minimum Gasteiger partial charge on any atom is -0.481 e. The first-order chi connectivity index (χ1) is 11.0. The number of carbonyl (C=O) groups is 2. The highest BCUT2D eigenvalue weighted by Crippen LogP contribution is 2.47. The second-order valence-corrected chi connectivity index (χ2v) is 6.44. The Bertz CT molecular complexity index is 614. The topological polar surface area (TPSA) is 57.6 Å². The molecule has 0 unspecified atom stereocenters. The van der Waals surface area contributed by atoms with E-state index in [1.807, 2.05) is 0 Å². The molecular weight excluding hydrogens is 304 g/mol. The lowest BCUT2D eigenvalue weighted by Gasteiger charge is -2.45. The van der Waals surface area contributed by atoms with Crippen LogP contribution in [-0.4, -0.2) is 35.0 Å². The molecule has 1 aromatic carbocycles. The molecule has 1 saturated carbocycles. The summed E-state index contributed by atoms with van der Waals surface area (Å²) in [4.78, 5) is 25.5. The van der Waals surface area contributed by atoms with Gasteiger partial charge in [0.05, 0.1) is 11.3 Å². The first-order valence-electron chi connectivity index (χ1n) is 7.92. The number of halogens is 2. The number of piperidine rings is 1. The molecule has 3 rings (SSSR count). The molecule has 1 aliphatic heterocycles. The van der Waals surface area contributed by atoms with Crippen LogP contribution >= 0.6 is 0 Å². The van der Waals surface area contributed by atoms with Crippen molar-refractivity contribution in [3.63, 3.8) is 0 Å². The minimum absolute atomic E-state index is 0.128. The summed E-state index contributed by atoms with van der Waals surface area (Å²) in [5, 5.41) is 9.03. The Morgan fingerprint density at radius 3 is 2.13 bits per heavy atom. The molecule has 2 aliphatic rings. The summed E-state index contributed by atoms with van der Waals surface area (Å²) in [5.41, 5.74) is -1.25. The highest BCUT2D eigenvalue weighted by atomic mass is 19.1. The molecule has 0 bridgehead atoms. The van der Waals surface area contributed by atoms with Crippen LogP contribution in [0.15, 0.2) is 18.2 Å². The van der Waals surface area contributed by atoms with E-state index in [9.17, 15) is 18.4 Å². The fraction of sp³-hybridized carbons (Fsp3) is 0.529. The maximum atomic E-state index is 14.2. The number of carboxylic acid groups (broad SMARTS) is 1. The Labute approximate surface area is 133 Å². The van der Waals surface area contributed by atoms with Gasteiger partial charge in [0, 0.05) is 18.7 Å². The van der Waals surface area contributed by atoms with Crippen molar-refractivity contribution in [2.75, 3.05) is 13.1 Å². The van der Waals surface area contributed by atoms with Gasteiger partial charge in [-0.2, -0.15) is 0 Å². The van der Waals surface area contributed by atoms with Crippen LogP contribution in [0.3, 0.4) is 0 Å². The van der Waals surface area contributed by atoms with Gasteiger partial charge < -0.3 is 10.0 Å². The summed E-state index contributed by atoms with van der Waals surface area (Å²) in [6, 6.07) is 3.66. The number of aliphatic carboxylic acids is 1. The molecule has 0 spiro atoms. The van der Waals surface area contributed by atoms with Crippen LogP contribution in [0.1, 0.15) is 37.7 Å². The molecule has 124 valence electrons. The van der Waals surface area contributed by atoms with Crippen molar-refractivity contribution in [1.29, 1.82) is 0 Å². The van der Waals surface area contributed by atoms with E-state index in [0.717, 1.165) is 6.42 Å². The van der Waals surface area contributed by atoms with Crippen LogP contribution in [-0.2, 0) is 15.0 Å². The first kappa shape index (κ1) is 15.9. The largest absolute Gasteiger partial charge is 0.481 e. The molecule has 0 radical (unpaired) electrons. The van der Waals surface area contributed by atoms with Crippen molar-refractivity contribution >= 4 is 11.9 Å². The van der Waals surface area contributed by atoms with Gasteiger partial charge in [0.1, 0.15) is 11.6 Å². The predicted molar refractivity (Wildman–Crippen MR) is 78.8 cm³/mol. The van der Waals surface area contributed by atoms with Crippen LogP contribution in [0.2, 0.25) is 0 Å². The van der Waals surface area contributed by atoms with Gasteiger partial charge in [-0.25, -0.2) is 8.78 Å². The van der Waals surface area contributed by atoms with Crippen LogP contribution in [0.5, 0.6) is 0 Å². The zero-order chi connectivity index (χ0) is 16.6. The maximum Gasteiger partial charge on any atom is 0.306 e. The van der Waals surface area contributed by atoms with E-state index in [0.29, 0.717) is 38.8 Å².